The lowest BCUT2D eigenvalue weighted by Gasteiger charge is -2.42. The van der Waals surface area contributed by atoms with Crippen LogP contribution in [-0.4, -0.2) is 11.3 Å². The van der Waals surface area contributed by atoms with E-state index >= 15 is 0 Å². The molecule has 1 nitrogen and oxygen atoms in total. The van der Waals surface area contributed by atoms with Gasteiger partial charge >= 0.3 is 0 Å². The summed E-state index contributed by atoms with van der Waals surface area (Å²) >= 11 is 0. The normalized spacial score (nSPS) is 14.7. The average Bonchev–Trinajstić information content (AvgIpc) is 3.25. The first-order valence-electron chi connectivity index (χ1n) is 12.5. The highest BCUT2D eigenvalue weighted by molar-refractivity contribution is 6.99. The monoisotopic (exact) mass is 445 g/mol. The van der Waals surface area contributed by atoms with Crippen LogP contribution < -0.4 is 16.4 Å². The predicted octanol–water partition coefficient (Wildman–Crippen LogP) is 5.92. The van der Waals surface area contributed by atoms with E-state index in [-0.39, 0.29) is 12.1 Å². The third-order valence-corrected chi connectivity index (χ3v) is 8.48. The zero-order valence-corrected chi connectivity index (χ0v) is 19.9. The average molecular weight is 445 g/mol. The van der Waals surface area contributed by atoms with Crippen molar-refractivity contribution in [3.8, 4) is 16.8 Å². The molecule has 3 heterocycles. The van der Waals surface area contributed by atoms with Crippen molar-refractivity contribution in [2.75, 3.05) is 0 Å². The van der Waals surface area contributed by atoms with Crippen LogP contribution in [0.2, 0.25) is 0 Å². The fourth-order valence-electron chi connectivity index (χ4n) is 7.01. The zero-order valence-electron chi connectivity index (χ0n) is 19.9. The van der Waals surface area contributed by atoms with Gasteiger partial charge in [-0.3, -0.25) is 0 Å². The van der Waals surface area contributed by atoms with E-state index in [4.69, 9.17) is 0 Å². The summed E-state index contributed by atoms with van der Waals surface area (Å²) in [5, 5.41) is 2.69. The lowest BCUT2D eigenvalue weighted by atomic mass is 9.30. The molecule has 0 amide bonds. The van der Waals surface area contributed by atoms with Gasteiger partial charge in [0.2, 0.25) is 6.71 Å². The highest BCUT2D eigenvalue weighted by Crippen LogP contribution is 2.41. The fraction of sp³-hybridized carbons (Fsp3) is 0.0909. The lowest BCUT2D eigenvalue weighted by Crippen LogP contribution is -2.63. The fourth-order valence-corrected chi connectivity index (χ4v) is 7.01. The van der Waals surface area contributed by atoms with Crippen molar-refractivity contribution in [2.24, 2.45) is 0 Å². The number of hydrogen-bond donors (Lipinski definition) is 0. The minimum Gasteiger partial charge on any atom is -0.310 e. The molecule has 2 heteroatoms. The van der Waals surface area contributed by atoms with Gasteiger partial charge in [-0.25, -0.2) is 0 Å². The second kappa shape index (κ2) is 6.55. The Balaban J connectivity index is 1.64. The summed E-state index contributed by atoms with van der Waals surface area (Å²) in [7, 11) is 0. The third kappa shape index (κ3) is 2.30. The Bertz CT molecular complexity index is 1820. The zero-order chi connectivity index (χ0) is 23.3. The number of para-hydroxylation sites is 1. The van der Waals surface area contributed by atoms with Crippen molar-refractivity contribution >= 4 is 44.9 Å². The Morgan fingerprint density at radius 3 is 2.26 bits per heavy atom. The molecule has 0 saturated carbocycles. The van der Waals surface area contributed by atoms with Crippen molar-refractivity contribution in [3.05, 3.63) is 120 Å². The largest absolute Gasteiger partial charge is 0.310 e. The number of nitrogens with zero attached hydrogens (tertiary/aromatic N) is 1. The first-order valence-corrected chi connectivity index (χ1v) is 12.5. The van der Waals surface area contributed by atoms with Gasteiger partial charge in [0.25, 0.3) is 0 Å². The minimum absolute atomic E-state index is 0.0584. The Morgan fingerprint density at radius 2 is 1.37 bits per heavy atom. The third-order valence-electron chi connectivity index (χ3n) is 8.48. The topological polar surface area (TPSA) is 4.93 Å². The van der Waals surface area contributed by atoms with Gasteiger partial charge in [-0.1, -0.05) is 116 Å². The maximum atomic E-state index is 2.55. The number of fused-ring (bicyclic) bond motifs is 8. The van der Waals surface area contributed by atoms with Gasteiger partial charge in [-0.05, 0) is 45.3 Å². The first-order chi connectivity index (χ1) is 17.2. The Hall–Kier alpha value is -4.04. The van der Waals surface area contributed by atoms with Gasteiger partial charge < -0.3 is 4.57 Å². The SMILES string of the molecule is CC1(C)c2ccccc2B2c3c(-c4ccccc4)cccc3-n3c4ccccc4c4ccc1c2c43. The molecule has 0 bridgehead atoms. The Kier molecular flexibility index (Phi) is 3.61. The van der Waals surface area contributed by atoms with Crippen LogP contribution in [0.3, 0.4) is 0 Å². The van der Waals surface area contributed by atoms with Crippen LogP contribution in [0.25, 0.3) is 38.6 Å². The number of rotatable bonds is 1. The van der Waals surface area contributed by atoms with E-state index in [2.05, 4.69) is 128 Å². The van der Waals surface area contributed by atoms with E-state index in [1.165, 1.54) is 66.1 Å². The van der Waals surface area contributed by atoms with E-state index < -0.39 is 0 Å². The number of aromatic nitrogens is 1. The molecular weight excluding hydrogens is 421 g/mol. The Labute approximate surface area is 205 Å². The van der Waals surface area contributed by atoms with Crippen LogP contribution in [0.4, 0.5) is 0 Å². The maximum absolute atomic E-state index is 2.55. The van der Waals surface area contributed by atoms with Crippen molar-refractivity contribution in [1.29, 1.82) is 0 Å². The van der Waals surface area contributed by atoms with Gasteiger partial charge in [0, 0.05) is 27.4 Å². The predicted molar refractivity (Wildman–Crippen MR) is 149 cm³/mol. The van der Waals surface area contributed by atoms with Gasteiger partial charge in [-0.15, -0.1) is 0 Å². The summed E-state index contributed by atoms with van der Waals surface area (Å²) in [4.78, 5) is 0. The molecule has 0 unspecified atom stereocenters. The molecule has 0 aliphatic carbocycles. The summed E-state index contributed by atoms with van der Waals surface area (Å²) < 4.78 is 2.55. The molecule has 0 saturated heterocycles. The van der Waals surface area contributed by atoms with E-state index in [0.717, 1.165) is 0 Å². The quantitative estimate of drug-likeness (QED) is 0.277. The van der Waals surface area contributed by atoms with Crippen molar-refractivity contribution in [2.45, 2.75) is 19.3 Å². The van der Waals surface area contributed by atoms with Gasteiger partial charge in [0.1, 0.15) is 0 Å². The standard InChI is InChI=1S/C33H24BN/c1-33(2)25-15-7-8-16-27(25)34-30-22(21-11-4-3-5-12-21)14-10-18-29(30)35-28-17-9-6-13-23(28)24-19-20-26(33)31(34)32(24)35/h3-20H,1-2H3. The summed E-state index contributed by atoms with van der Waals surface area (Å²) in [5.41, 5.74) is 13.8. The summed E-state index contributed by atoms with van der Waals surface area (Å²) in [6.07, 6.45) is 0. The van der Waals surface area contributed by atoms with Crippen molar-refractivity contribution < 1.29 is 0 Å². The van der Waals surface area contributed by atoms with Crippen LogP contribution in [0.1, 0.15) is 25.0 Å². The van der Waals surface area contributed by atoms with E-state index in [0.29, 0.717) is 0 Å². The number of benzene rings is 5. The van der Waals surface area contributed by atoms with Gasteiger partial charge in [-0.2, -0.15) is 0 Å². The molecule has 5 aromatic carbocycles. The smallest absolute Gasteiger partial charge is 0.248 e. The molecule has 0 N–H and O–H groups in total. The summed E-state index contributed by atoms with van der Waals surface area (Å²) in [6, 6.07) is 40.6. The second-order valence-corrected chi connectivity index (χ2v) is 10.5. The second-order valence-electron chi connectivity index (χ2n) is 10.5. The minimum atomic E-state index is -0.0584. The molecule has 0 atom stereocenters. The van der Waals surface area contributed by atoms with Crippen LogP contribution in [-0.2, 0) is 5.41 Å². The molecule has 6 aromatic rings. The maximum Gasteiger partial charge on any atom is 0.248 e. The lowest BCUT2D eigenvalue weighted by molar-refractivity contribution is 0.646. The molecule has 164 valence electrons. The van der Waals surface area contributed by atoms with E-state index in [1.807, 2.05) is 0 Å². The molecule has 0 spiro atoms. The van der Waals surface area contributed by atoms with E-state index in [9.17, 15) is 0 Å². The van der Waals surface area contributed by atoms with Crippen molar-refractivity contribution in [3.63, 3.8) is 0 Å². The molecule has 8 rings (SSSR count). The molecule has 1 aromatic heterocycles. The molecule has 2 aliphatic heterocycles. The van der Waals surface area contributed by atoms with Gasteiger partial charge in [0.15, 0.2) is 0 Å². The highest BCUT2D eigenvalue weighted by Gasteiger charge is 2.45. The number of hydrogen-bond acceptors (Lipinski definition) is 0. The van der Waals surface area contributed by atoms with Crippen molar-refractivity contribution in [1.82, 2.24) is 4.57 Å². The molecular formula is C33H24BN. The van der Waals surface area contributed by atoms with Crippen LogP contribution >= 0.6 is 0 Å². The molecule has 0 fully saturated rings. The van der Waals surface area contributed by atoms with Crippen LogP contribution in [0, 0.1) is 0 Å². The van der Waals surface area contributed by atoms with Gasteiger partial charge in [0.05, 0.1) is 5.52 Å². The first kappa shape index (κ1) is 19.3. The summed E-state index contributed by atoms with van der Waals surface area (Å²) in [5.74, 6) is 0. The van der Waals surface area contributed by atoms with E-state index in [1.54, 1.807) is 0 Å². The molecule has 35 heavy (non-hydrogen) atoms. The summed E-state index contributed by atoms with van der Waals surface area (Å²) in [6.45, 7) is 5.00. The van der Waals surface area contributed by atoms with Crippen LogP contribution in [0.15, 0.2) is 109 Å². The molecule has 0 radical (unpaired) electrons. The highest BCUT2D eigenvalue weighted by atomic mass is 15.0. The van der Waals surface area contributed by atoms with Crippen LogP contribution in [0.5, 0.6) is 0 Å². The Morgan fingerprint density at radius 1 is 0.600 bits per heavy atom. The molecule has 2 aliphatic rings.